The zero-order valence-corrected chi connectivity index (χ0v) is 8.28. The summed E-state index contributed by atoms with van der Waals surface area (Å²) in [7, 11) is 0. The molecule has 0 bridgehead atoms. The van der Waals surface area contributed by atoms with E-state index in [-0.39, 0.29) is 0 Å². The van der Waals surface area contributed by atoms with E-state index in [4.69, 9.17) is 15.2 Å². The Balaban J connectivity index is 2.30. The van der Waals surface area contributed by atoms with E-state index >= 15 is 0 Å². The maximum atomic E-state index is 5.81. The second kappa shape index (κ2) is 2.94. The third-order valence-corrected chi connectivity index (χ3v) is 2.03. The summed E-state index contributed by atoms with van der Waals surface area (Å²) in [5, 5.41) is 0. The fraction of sp³-hybridized carbons (Fsp3) is 0.273. The molecule has 0 atom stereocenters. The molecule has 74 valence electrons. The predicted octanol–water partition coefficient (Wildman–Crippen LogP) is 2.35. The number of anilines is 1. The summed E-state index contributed by atoms with van der Waals surface area (Å²) in [4.78, 5) is 0. The van der Waals surface area contributed by atoms with Crippen LogP contribution in [-0.4, -0.2) is 5.79 Å². The number of benzene rings is 1. The molecule has 0 amide bonds. The summed E-state index contributed by atoms with van der Waals surface area (Å²) >= 11 is 0. The molecule has 1 heterocycles. The molecule has 1 aliphatic rings. The molecule has 0 aromatic heterocycles. The molecular weight excluding hydrogens is 178 g/mol. The van der Waals surface area contributed by atoms with Crippen molar-refractivity contribution in [2.24, 2.45) is 0 Å². The molecule has 0 unspecified atom stereocenters. The van der Waals surface area contributed by atoms with Crippen LogP contribution in [0.5, 0.6) is 0 Å². The Morgan fingerprint density at radius 2 is 1.93 bits per heavy atom. The SMILES string of the molecule is CC1(C)OC=C(c2ccccc2N)O1. The molecule has 1 aromatic rings. The first-order valence-corrected chi connectivity index (χ1v) is 4.50. The monoisotopic (exact) mass is 191 g/mol. The topological polar surface area (TPSA) is 44.5 Å². The molecule has 0 aliphatic carbocycles. The van der Waals surface area contributed by atoms with Gasteiger partial charge in [-0.2, -0.15) is 0 Å². The van der Waals surface area contributed by atoms with Gasteiger partial charge in [0.15, 0.2) is 5.76 Å². The van der Waals surface area contributed by atoms with E-state index < -0.39 is 5.79 Å². The van der Waals surface area contributed by atoms with Crippen LogP contribution in [0.3, 0.4) is 0 Å². The number of ether oxygens (including phenoxy) is 2. The van der Waals surface area contributed by atoms with Crippen LogP contribution < -0.4 is 5.73 Å². The first-order chi connectivity index (χ1) is 6.58. The van der Waals surface area contributed by atoms with Crippen LogP contribution in [0.2, 0.25) is 0 Å². The molecule has 0 fully saturated rings. The van der Waals surface area contributed by atoms with E-state index in [0.717, 1.165) is 5.56 Å². The summed E-state index contributed by atoms with van der Waals surface area (Å²) in [6, 6.07) is 7.55. The lowest BCUT2D eigenvalue weighted by Gasteiger charge is -2.18. The van der Waals surface area contributed by atoms with E-state index in [0.29, 0.717) is 11.4 Å². The predicted molar refractivity (Wildman–Crippen MR) is 55.1 cm³/mol. The van der Waals surface area contributed by atoms with Crippen LogP contribution in [0.15, 0.2) is 30.5 Å². The van der Waals surface area contributed by atoms with E-state index in [1.165, 1.54) is 0 Å². The van der Waals surface area contributed by atoms with Crippen LogP contribution in [0, 0.1) is 0 Å². The molecule has 0 radical (unpaired) electrons. The summed E-state index contributed by atoms with van der Waals surface area (Å²) in [6.07, 6.45) is 1.60. The van der Waals surface area contributed by atoms with Crippen LogP contribution >= 0.6 is 0 Å². The quantitative estimate of drug-likeness (QED) is 0.693. The van der Waals surface area contributed by atoms with Gasteiger partial charge in [0.1, 0.15) is 6.26 Å². The second-order valence-corrected chi connectivity index (χ2v) is 3.69. The van der Waals surface area contributed by atoms with E-state index in [1.807, 2.05) is 38.1 Å². The van der Waals surface area contributed by atoms with Gasteiger partial charge in [0.25, 0.3) is 0 Å². The number of hydrogen-bond donors (Lipinski definition) is 1. The number of para-hydroxylation sites is 1. The molecular formula is C11H13NO2. The summed E-state index contributed by atoms with van der Waals surface area (Å²) in [6.45, 7) is 3.71. The summed E-state index contributed by atoms with van der Waals surface area (Å²) in [5.41, 5.74) is 7.38. The summed E-state index contributed by atoms with van der Waals surface area (Å²) in [5.74, 6) is 0.102. The fourth-order valence-corrected chi connectivity index (χ4v) is 1.35. The Morgan fingerprint density at radius 3 is 2.50 bits per heavy atom. The molecule has 14 heavy (non-hydrogen) atoms. The lowest BCUT2D eigenvalue weighted by Crippen LogP contribution is -2.20. The highest BCUT2D eigenvalue weighted by atomic mass is 16.7. The molecule has 1 aromatic carbocycles. The van der Waals surface area contributed by atoms with Crippen molar-refractivity contribution in [3.05, 3.63) is 36.1 Å². The first kappa shape index (κ1) is 8.94. The van der Waals surface area contributed by atoms with Crippen LogP contribution in [0.25, 0.3) is 5.76 Å². The van der Waals surface area contributed by atoms with Gasteiger partial charge < -0.3 is 15.2 Å². The maximum Gasteiger partial charge on any atom is 0.245 e. The van der Waals surface area contributed by atoms with Crippen molar-refractivity contribution in [3.63, 3.8) is 0 Å². The lowest BCUT2D eigenvalue weighted by molar-refractivity contribution is -0.102. The molecule has 0 spiro atoms. The van der Waals surface area contributed by atoms with E-state index in [9.17, 15) is 0 Å². The van der Waals surface area contributed by atoms with Crippen LogP contribution in [0.1, 0.15) is 19.4 Å². The molecule has 2 N–H and O–H groups in total. The zero-order chi connectivity index (χ0) is 10.2. The Bertz CT molecular complexity index is 383. The Kier molecular flexibility index (Phi) is 1.88. The number of rotatable bonds is 1. The van der Waals surface area contributed by atoms with Crippen LogP contribution in [0.4, 0.5) is 5.69 Å². The highest BCUT2D eigenvalue weighted by molar-refractivity contribution is 5.71. The third kappa shape index (κ3) is 1.53. The van der Waals surface area contributed by atoms with Crippen molar-refractivity contribution in [3.8, 4) is 0 Å². The van der Waals surface area contributed by atoms with Gasteiger partial charge in [0.05, 0.1) is 0 Å². The normalized spacial score (nSPS) is 18.3. The van der Waals surface area contributed by atoms with Gasteiger partial charge in [-0.1, -0.05) is 12.1 Å². The average Bonchev–Trinajstić information content (AvgIpc) is 2.47. The molecule has 2 rings (SSSR count). The van der Waals surface area contributed by atoms with Gasteiger partial charge in [-0.05, 0) is 12.1 Å². The Hall–Kier alpha value is -1.64. The fourth-order valence-electron chi connectivity index (χ4n) is 1.35. The van der Waals surface area contributed by atoms with Crippen molar-refractivity contribution in [2.45, 2.75) is 19.6 Å². The first-order valence-electron chi connectivity index (χ1n) is 4.50. The van der Waals surface area contributed by atoms with Crippen molar-refractivity contribution in [1.82, 2.24) is 0 Å². The van der Waals surface area contributed by atoms with Crippen LogP contribution in [-0.2, 0) is 9.47 Å². The van der Waals surface area contributed by atoms with Gasteiger partial charge in [0, 0.05) is 25.1 Å². The van der Waals surface area contributed by atoms with Gasteiger partial charge in [-0.15, -0.1) is 0 Å². The largest absolute Gasteiger partial charge is 0.457 e. The number of hydrogen-bond acceptors (Lipinski definition) is 3. The van der Waals surface area contributed by atoms with Gasteiger partial charge in [-0.3, -0.25) is 0 Å². The van der Waals surface area contributed by atoms with Crippen molar-refractivity contribution in [1.29, 1.82) is 0 Å². The van der Waals surface area contributed by atoms with E-state index in [2.05, 4.69) is 0 Å². The maximum absolute atomic E-state index is 5.81. The molecule has 0 saturated carbocycles. The molecule has 3 heteroatoms. The van der Waals surface area contributed by atoms with Gasteiger partial charge >= 0.3 is 0 Å². The van der Waals surface area contributed by atoms with E-state index in [1.54, 1.807) is 6.26 Å². The summed E-state index contributed by atoms with van der Waals surface area (Å²) < 4.78 is 10.9. The Morgan fingerprint density at radius 1 is 1.21 bits per heavy atom. The van der Waals surface area contributed by atoms with Crippen molar-refractivity contribution >= 4 is 11.4 Å². The second-order valence-electron chi connectivity index (χ2n) is 3.69. The minimum atomic E-state index is -0.586. The molecule has 0 saturated heterocycles. The smallest absolute Gasteiger partial charge is 0.245 e. The standard InChI is InChI=1S/C11H13NO2/c1-11(2)13-7-10(14-11)8-5-3-4-6-9(8)12/h3-7H,12H2,1-2H3. The lowest BCUT2D eigenvalue weighted by atomic mass is 10.1. The number of nitrogen functional groups attached to an aromatic ring is 1. The highest BCUT2D eigenvalue weighted by Gasteiger charge is 2.28. The minimum absolute atomic E-state index is 0.586. The molecule has 1 aliphatic heterocycles. The zero-order valence-electron chi connectivity index (χ0n) is 8.28. The number of nitrogens with two attached hydrogens (primary N) is 1. The minimum Gasteiger partial charge on any atom is -0.457 e. The third-order valence-electron chi connectivity index (χ3n) is 2.03. The van der Waals surface area contributed by atoms with Crippen molar-refractivity contribution < 1.29 is 9.47 Å². The van der Waals surface area contributed by atoms with Crippen molar-refractivity contribution in [2.75, 3.05) is 5.73 Å². The molecule has 3 nitrogen and oxygen atoms in total. The Labute approximate surface area is 83.1 Å². The van der Waals surface area contributed by atoms with Gasteiger partial charge in [0.2, 0.25) is 5.79 Å². The van der Waals surface area contributed by atoms with Gasteiger partial charge in [-0.25, -0.2) is 0 Å². The average molecular weight is 191 g/mol. The highest BCUT2D eigenvalue weighted by Crippen LogP contribution is 2.33.